The Morgan fingerprint density at radius 1 is 1.15 bits per heavy atom. The van der Waals surface area contributed by atoms with Gasteiger partial charge in [-0.05, 0) is 26.2 Å². The Hall–Kier alpha value is -1.06. The number of carbonyl (C=O) groups excluding carboxylic acids is 1. The minimum absolute atomic E-state index is 0.0555. The molecule has 1 aliphatic rings. The maximum Gasteiger partial charge on any atom is 0.307 e. The third kappa shape index (κ3) is 5.51. The van der Waals surface area contributed by atoms with Crippen LogP contribution in [-0.4, -0.2) is 23.0 Å². The van der Waals surface area contributed by atoms with Gasteiger partial charge in [-0.2, -0.15) is 0 Å². The second-order valence-electron chi connectivity index (χ2n) is 6.09. The maximum atomic E-state index is 12.2. The van der Waals surface area contributed by atoms with Crippen molar-refractivity contribution in [3.63, 3.8) is 0 Å². The number of hydrogen-bond acceptors (Lipinski definition) is 2. The number of rotatable bonds is 8. The van der Waals surface area contributed by atoms with Crippen LogP contribution in [0.4, 0.5) is 0 Å². The number of unbranched alkanes of at least 4 members (excludes halogenated alkanes) is 3. The Morgan fingerprint density at radius 3 is 2.40 bits per heavy atom. The monoisotopic (exact) mass is 283 g/mol. The van der Waals surface area contributed by atoms with Gasteiger partial charge in [0, 0.05) is 6.04 Å². The zero-order valence-electron chi connectivity index (χ0n) is 12.9. The lowest BCUT2D eigenvalue weighted by Crippen LogP contribution is -2.43. The first-order valence-corrected chi connectivity index (χ1v) is 8.09. The number of carboxylic acids is 1. The highest BCUT2D eigenvalue weighted by Gasteiger charge is 2.35. The summed E-state index contributed by atoms with van der Waals surface area (Å²) in [7, 11) is 0. The molecular formula is C16H29NO3. The number of amides is 1. The van der Waals surface area contributed by atoms with E-state index >= 15 is 0 Å². The summed E-state index contributed by atoms with van der Waals surface area (Å²) in [5.74, 6) is -1.70. The molecule has 1 rings (SSSR count). The van der Waals surface area contributed by atoms with Crippen LogP contribution < -0.4 is 5.32 Å². The van der Waals surface area contributed by atoms with Crippen LogP contribution in [0.5, 0.6) is 0 Å². The molecule has 0 heterocycles. The molecule has 0 aromatic carbocycles. The molecule has 4 nitrogen and oxygen atoms in total. The van der Waals surface area contributed by atoms with Gasteiger partial charge in [0.15, 0.2) is 0 Å². The third-order valence-electron chi connectivity index (χ3n) is 4.30. The maximum absolute atomic E-state index is 12.2. The summed E-state index contributed by atoms with van der Waals surface area (Å²) < 4.78 is 0. The van der Waals surface area contributed by atoms with Crippen LogP contribution in [-0.2, 0) is 9.59 Å². The molecule has 0 aromatic rings. The summed E-state index contributed by atoms with van der Waals surface area (Å²) in [4.78, 5) is 23.5. The highest BCUT2D eigenvalue weighted by molar-refractivity contribution is 5.85. The summed E-state index contributed by atoms with van der Waals surface area (Å²) in [5.41, 5.74) is 0. The first-order chi connectivity index (χ1) is 9.56. The van der Waals surface area contributed by atoms with Gasteiger partial charge in [-0.3, -0.25) is 9.59 Å². The predicted octanol–water partition coefficient (Wildman–Crippen LogP) is 3.35. The smallest absolute Gasteiger partial charge is 0.307 e. The van der Waals surface area contributed by atoms with E-state index in [4.69, 9.17) is 0 Å². The Balaban J connectivity index is 2.37. The molecule has 0 aliphatic heterocycles. The Morgan fingerprint density at radius 2 is 1.80 bits per heavy atom. The lowest BCUT2D eigenvalue weighted by atomic mass is 9.78. The summed E-state index contributed by atoms with van der Waals surface area (Å²) >= 11 is 0. The van der Waals surface area contributed by atoms with E-state index in [1.165, 1.54) is 19.3 Å². The average Bonchev–Trinajstić information content (AvgIpc) is 2.43. The van der Waals surface area contributed by atoms with Crippen molar-refractivity contribution in [2.45, 2.75) is 77.7 Å². The molecular weight excluding hydrogens is 254 g/mol. The van der Waals surface area contributed by atoms with Crippen molar-refractivity contribution in [2.24, 2.45) is 11.8 Å². The lowest BCUT2D eigenvalue weighted by molar-refractivity contribution is -0.149. The van der Waals surface area contributed by atoms with Crippen molar-refractivity contribution in [1.29, 1.82) is 0 Å². The van der Waals surface area contributed by atoms with Crippen LogP contribution in [0.25, 0.3) is 0 Å². The van der Waals surface area contributed by atoms with E-state index in [-0.39, 0.29) is 17.9 Å². The van der Waals surface area contributed by atoms with Crippen LogP contribution in [0, 0.1) is 11.8 Å². The fourth-order valence-corrected chi connectivity index (χ4v) is 3.04. The van der Waals surface area contributed by atoms with Crippen LogP contribution in [0.2, 0.25) is 0 Å². The van der Waals surface area contributed by atoms with Crippen LogP contribution >= 0.6 is 0 Å². The summed E-state index contributed by atoms with van der Waals surface area (Å²) in [6.07, 6.45) is 9.01. The first kappa shape index (κ1) is 17.0. The molecule has 0 saturated heterocycles. The van der Waals surface area contributed by atoms with Gasteiger partial charge in [0.2, 0.25) is 5.91 Å². The molecule has 1 amide bonds. The largest absolute Gasteiger partial charge is 0.481 e. The average molecular weight is 283 g/mol. The highest BCUT2D eigenvalue weighted by atomic mass is 16.4. The molecule has 0 aromatic heterocycles. The minimum atomic E-state index is -0.819. The van der Waals surface area contributed by atoms with E-state index in [9.17, 15) is 14.7 Å². The molecule has 1 fully saturated rings. The Bertz CT molecular complexity index is 317. The zero-order valence-corrected chi connectivity index (χ0v) is 12.9. The van der Waals surface area contributed by atoms with Crippen molar-refractivity contribution in [3.05, 3.63) is 0 Å². The Kier molecular flexibility index (Phi) is 7.63. The molecule has 0 spiro atoms. The molecule has 3 atom stereocenters. The molecule has 0 unspecified atom stereocenters. The highest BCUT2D eigenvalue weighted by Crippen LogP contribution is 2.30. The van der Waals surface area contributed by atoms with E-state index in [1.807, 2.05) is 6.92 Å². The van der Waals surface area contributed by atoms with Crippen LogP contribution in [0.15, 0.2) is 0 Å². The van der Waals surface area contributed by atoms with Gasteiger partial charge in [0.05, 0.1) is 11.8 Å². The SMILES string of the molecule is CCCCCC[C@H](C)NC(=O)[C@H]1CCCC[C@H]1C(=O)O. The van der Waals surface area contributed by atoms with E-state index in [1.54, 1.807) is 0 Å². The minimum Gasteiger partial charge on any atom is -0.481 e. The molecule has 116 valence electrons. The molecule has 2 N–H and O–H groups in total. The number of carbonyl (C=O) groups is 2. The van der Waals surface area contributed by atoms with Crippen molar-refractivity contribution in [3.8, 4) is 0 Å². The second-order valence-corrected chi connectivity index (χ2v) is 6.09. The lowest BCUT2D eigenvalue weighted by Gasteiger charge is -2.28. The molecule has 0 bridgehead atoms. The van der Waals surface area contributed by atoms with Gasteiger partial charge in [0.1, 0.15) is 0 Å². The van der Waals surface area contributed by atoms with Gasteiger partial charge < -0.3 is 10.4 Å². The summed E-state index contributed by atoms with van der Waals surface area (Å²) in [5, 5.41) is 12.2. The van der Waals surface area contributed by atoms with Crippen molar-refractivity contribution in [1.82, 2.24) is 5.32 Å². The number of hydrogen-bond donors (Lipinski definition) is 2. The van der Waals surface area contributed by atoms with E-state index in [0.29, 0.717) is 12.8 Å². The van der Waals surface area contributed by atoms with Crippen molar-refractivity contribution in [2.75, 3.05) is 0 Å². The molecule has 1 aliphatic carbocycles. The predicted molar refractivity (Wildman–Crippen MR) is 79.4 cm³/mol. The normalized spacial score (nSPS) is 24.1. The van der Waals surface area contributed by atoms with Crippen LogP contribution in [0.3, 0.4) is 0 Å². The fraction of sp³-hybridized carbons (Fsp3) is 0.875. The number of aliphatic carboxylic acids is 1. The molecule has 0 radical (unpaired) electrons. The number of carboxylic acid groups (broad SMARTS) is 1. The zero-order chi connectivity index (χ0) is 15.0. The van der Waals surface area contributed by atoms with Gasteiger partial charge in [-0.25, -0.2) is 0 Å². The Labute approximate surface area is 122 Å². The molecule has 1 saturated carbocycles. The van der Waals surface area contributed by atoms with E-state index in [0.717, 1.165) is 25.7 Å². The van der Waals surface area contributed by atoms with Gasteiger partial charge >= 0.3 is 5.97 Å². The summed E-state index contributed by atoms with van der Waals surface area (Å²) in [6, 6.07) is 0.149. The van der Waals surface area contributed by atoms with E-state index < -0.39 is 11.9 Å². The van der Waals surface area contributed by atoms with Crippen LogP contribution in [0.1, 0.15) is 71.6 Å². The summed E-state index contributed by atoms with van der Waals surface area (Å²) in [6.45, 7) is 4.20. The van der Waals surface area contributed by atoms with E-state index in [2.05, 4.69) is 12.2 Å². The van der Waals surface area contributed by atoms with Crippen molar-refractivity contribution >= 4 is 11.9 Å². The third-order valence-corrected chi connectivity index (χ3v) is 4.30. The van der Waals surface area contributed by atoms with Gasteiger partial charge in [-0.15, -0.1) is 0 Å². The topological polar surface area (TPSA) is 66.4 Å². The van der Waals surface area contributed by atoms with Gasteiger partial charge in [0.25, 0.3) is 0 Å². The standard InChI is InChI=1S/C16H29NO3/c1-3-4-5-6-9-12(2)17-15(18)13-10-7-8-11-14(13)16(19)20/h12-14H,3-11H2,1-2H3,(H,17,18)(H,19,20)/t12-,13-,14+/m0/s1. The first-order valence-electron chi connectivity index (χ1n) is 8.09. The van der Waals surface area contributed by atoms with Gasteiger partial charge in [-0.1, -0.05) is 45.4 Å². The second kappa shape index (κ2) is 8.98. The quantitative estimate of drug-likeness (QED) is 0.671. The fourth-order valence-electron chi connectivity index (χ4n) is 3.04. The number of nitrogens with one attached hydrogen (secondary N) is 1. The van der Waals surface area contributed by atoms with Crippen molar-refractivity contribution < 1.29 is 14.7 Å². The molecule has 4 heteroatoms. The molecule has 20 heavy (non-hydrogen) atoms.